The molecule has 6 nitrogen and oxygen atoms in total. The standard InChI is InChI=1S/C15H18F3N5O/c1-8-6-9(2)23(21-8)10(3)14(24)22-5-4-12-11(7-22)13(20-19-12)15(16,17)18/h6,10H,4-5,7H2,1-3H3,(H,19,20)/t10-/m1/s1. The number of aryl methyl sites for hydroxylation is 2. The molecule has 0 radical (unpaired) electrons. The van der Waals surface area contributed by atoms with E-state index in [1.54, 1.807) is 11.6 Å². The van der Waals surface area contributed by atoms with Crippen LogP contribution < -0.4 is 0 Å². The smallest absolute Gasteiger partial charge is 0.336 e. The van der Waals surface area contributed by atoms with Crippen LogP contribution in [0.15, 0.2) is 6.07 Å². The van der Waals surface area contributed by atoms with E-state index >= 15 is 0 Å². The molecule has 0 saturated carbocycles. The Hall–Kier alpha value is -2.32. The Morgan fingerprint density at radius 3 is 2.67 bits per heavy atom. The van der Waals surface area contributed by atoms with E-state index in [9.17, 15) is 18.0 Å². The Morgan fingerprint density at radius 2 is 2.08 bits per heavy atom. The number of alkyl halides is 3. The first kappa shape index (κ1) is 16.5. The Bertz CT molecular complexity index is 777. The van der Waals surface area contributed by atoms with Crippen molar-refractivity contribution in [2.24, 2.45) is 0 Å². The second kappa shape index (κ2) is 5.64. The van der Waals surface area contributed by atoms with Crippen molar-refractivity contribution in [3.8, 4) is 0 Å². The summed E-state index contributed by atoms with van der Waals surface area (Å²) in [5, 5.41) is 10.1. The van der Waals surface area contributed by atoms with Crippen molar-refractivity contribution in [1.82, 2.24) is 24.9 Å². The molecule has 1 atom stereocenters. The van der Waals surface area contributed by atoms with Crippen LogP contribution in [0.4, 0.5) is 13.2 Å². The molecule has 130 valence electrons. The molecule has 2 aromatic heterocycles. The van der Waals surface area contributed by atoms with Gasteiger partial charge in [-0.15, -0.1) is 0 Å². The number of fused-ring (bicyclic) bond motifs is 1. The van der Waals surface area contributed by atoms with E-state index in [1.165, 1.54) is 4.90 Å². The fourth-order valence-electron chi connectivity index (χ4n) is 3.12. The van der Waals surface area contributed by atoms with Gasteiger partial charge >= 0.3 is 6.18 Å². The Balaban J connectivity index is 1.83. The third kappa shape index (κ3) is 2.78. The summed E-state index contributed by atoms with van der Waals surface area (Å²) in [5.74, 6) is -0.249. The van der Waals surface area contributed by atoms with Gasteiger partial charge in [0.1, 0.15) is 6.04 Å². The maximum absolute atomic E-state index is 13.0. The molecule has 0 aliphatic carbocycles. The number of amides is 1. The van der Waals surface area contributed by atoms with E-state index in [0.717, 1.165) is 11.4 Å². The average Bonchev–Trinajstić information content (AvgIpc) is 3.07. The van der Waals surface area contributed by atoms with Crippen LogP contribution in [0.25, 0.3) is 0 Å². The normalized spacial score (nSPS) is 16.2. The van der Waals surface area contributed by atoms with E-state index in [1.807, 2.05) is 19.9 Å². The van der Waals surface area contributed by atoms with E-state index in [0.29, 0.717) is 18.7 Å². The second-order valence-electron chi connectivity index (χ2n) is 6.08. The van der Waals surface area contributed by atoms with Gasteiger partial charge in [0.15, 0.2) is 5.69 Å². The number of hydrogen-bond acceptors (Lipinski definition) is 3. The Labute approximate surface area is 136 Å². The maximum Gasteiger partial charge on any atom is 0.435 e. The predicted molar refractivity (Wildman–Crippen MR) is 79.1 cm³/mol. The van der Waals surface area contributed by atoms with E-state index < -0.39 is 17.9 Å². The number of H-pyrrole nitrogens is 1. The third-order valence-electron chi connectivity index (χ3n) is 4.28. The molecule has 0 unspecified atom stereocenters. The van der Waals surface area contributed by atoms with Crippen LogP contribution in [-0.2, 0) is 23.9 Å². The molecule has 3 heterocycles. The Kier molecular flexibility index (Phi) is 3.89. The lowest BCUT2D eigenvalue weighted by molar-refractivity contribution is -0.143. The number of carbonyl (C=O) groups excluding carboxylic acids is 1. The van der Waals surface area contributed by atoms with Crippen molar-refractivity contribution in [2.45, 2.75) is 46.0 Å². The van der Waals surface area contributed by atoms with Crippen LogP contribution in [0.1, 0.15) is 41.3 Å². The topological polar surface area (TPSA) is 66.8 Å². The molecular weight excluding hydrogens is 323 g/mol. The van der Waals surface area contributed by atoms with Gasteiger partial charge in [-0.05, 0) is 26.8 Å². The van der Waals surface area contributed by atoms with Crippen molar-refractivity contribution >= 4 is 5.91 Å². The zero-order valence-electron chi connectivity index (χ0n) is 13.6. The summed E-state index contributed by atoms with van der Waals surface area (Å²) in [4.78, 5) is 14.1. The minimum Gasteiger partial charge on any atom is -0.336 e. The summed E-state index contributed by atoms with van der Waals surface area (Å²) in [6, 6.07) is 1.29. The van der Waals surface area contributed by atoms with Gasteiger partial charge in [0, 0.05) is 36.5 Å². The van der Waals surface area contributed by atoms with Gasteiger partial charge < -0.3 is 4.90 Å². The summed E-state index contributed by atoms with van der Waals surface area (Å²) < 4.78 is 40.7. The Morgan fingerprint density at radius 1 is 1.38 bits per heavy atom. The van der Waals surface area contributed by atoms with Gasteiger partial charge in [-0.3, -0.25) is 14.6 Å². The van der Waals surface area contributed by atoms with Crippen LogP contribution >= 0.6 is 0 Å². The molecule has 1 aliphatic heterocycles. The van der Waals surface area contributed by atoms with Gasteiger partial charge in [-0.1, -0.05) is 0 Å². The van der Waals surface area contributed by atoms with Crippen molar-refractivity contribution in [3.05, 3.63) is 34.4 Å². The number of hydrogen-bond donors (Lipinski definition) is 1. The highest BCUT2D eigenvalue weighted by atomic mass is 19.4. The first-order chi connectivity index (χ1) is 11.2. The van der Waals surface area contributed by atoms with E-state index in [4.69, 9.17) is 0 Å². The van der Waals surface area contributed by atoms with Gasteiger partial charge in [-0.2, -0.15) is 23.4 Å². The van der Waals surface area contributed by atoms with Crippen molar-refractivity contribution in [3.63, 3.8) is 0 Å². The molecular formula is C15H18F3N5O. The lowest BCUT2D eigenvalue weighted by Crippen LogP contribution is -2.40. The predicted octanol–water partition coefficient (Wildman–Crippen LogP) is 2.39. The summed E-state index contributed by atoms with van der Waals surface area (Å²) in [6.45, 7) is 5.64. The van der Waals surface area contributed by atoms with Crippen molar-refractivity contribution in [1.29, 1.82) is 0 Å². The van der Waals surface area contributed by atoms with Crippen LogP contribution in [0, 0.1) is 13.8 Å². The minimum atomic E-state index is -4.53. The summed E-state index contributed by atoms with van der Waals surface area (Å²) in [5.41, 5.74) is 1.20. The van der Waals surface area contributed by atoms with Crippen LogP contribution in [0.5, 0.6) is 0 Å². The SMILES string of the molecule is Cc1cc(C)n([C@H](C)C(=O)N2CCc3[nH]nc(C(F)(F)F)c3C2)n1. The van der Waals surface area contributed by atoms with Crippen molar-refractivity contribution < 1.29 is 18.0 Å². The van der Waals surface area contributed by atoms with E-state index in [-0.39, 0.29) is 18.0 Å². The number of carbonyl (C=O) groups is 1. The monoisotopic (exact) mass is 341 g/mol. The molecule has 1 amide bonds. The molecule has 0 saturated heterocycles. The van der Waals surface area contributed by atoms with Crippen LogP contribution in [-0.4, -0.2) is 37.3 Å². The highest BCUT2D eigenvalue weighted by molar-refractivity contribution is 5.80. The van der Waals surface area contributed by atoms with Crippen molar-refractivity contribution in [2.75, 3.05) is 6.54 Å². The molecule has 1 N–H and O–H groups in total. The zero-order valence-corrected chi connectivity index (χ0v) is 13.6. The average molecular weight is 341 g/mol. The van der Waals surface area contributed by atoms with Gasteiger partial charge in [-0.25, -0.2) is 0 Å². The number of halogens is 3. The fraction of sp³-hybridized carbons (Fsp3) is 0.533. The number of nitrogens with one attached hydrogen (secondary N) is 1. The minimum absolute atomic E-state index is 0.0580. The molecule has 1 aliphatic rings. The van der Waals surface area contributed by atoms with Crippen LogP contribution in [0.3, 0.4) is 0 Å². The molecule has 2 aromatic rings. The van der Waals surface area contributed by atoms with Gasteiger partial charge in [0.25, 0.3) is 0 Å². The summed E-state index contributed by atoms with van der Waals surface area (Å²) in [6.07, 6.45) is -4.20. The summed E-state index contributed by atoms with van der Waals surface area (Å²) in [7, 11) is 0. The fourth-order valence-corrected chi connectivity index (χ4v) is 3.12. The quantitative estimate of drug-likeness (QED) is 0.912. The van der Waals surface area contributed by atoms with Gasteiger partial charge in [0.2, 0.25) is 5.91 Å². The lowest BCUT2D eigenvalue weighted by atomic mass is 10.0. The first-order valence-corrected chi connectivity index (χ1v) is 7.63. The van der Waals surface area contributed by atoms with Gasteiger partial charge in [0.05, 0.1) is 5.69 Å². The highest BCUT2D eigenvalue weighted by Gasteiger charge is 2.40. The maximum atomic E-state index is 13.0. The molecule has 0 aromatic carbocycles. The molecule has 3 rings (SSSR count). The highest BCUT2D eigenvalue weighted by Crippen LogP contribution is 2.34. The third-order valence-corrected chi connectivity index (χ3v) is 4.28. The number of rotatable bonds is 2. The van der Waals surface area contributed by atoms with Crippen LogP contribution in [0.2, 0.25) is 0 Å². The lowest BCUT2D eigenvalue weighted by Gasteiger charge is -2.30. The zero-order chi connectivity index (χ0) is 17.6. The first-order valence-electron chi connectivity index (χ1n) is 7.63. The second-order valence-corrected chi connectivity index (χ2v) is 6.08. The summed E-state index contributed by atoms with van der Waals surface area (Å²) >= 11 is 0. The number of aromatic nitrogens is 4. The molecule has 24 heavy (non-hydrogen) atoms. The number of aromatic amines is 1. The molecule has 0 fully saturated rings. The molecule has 9 heteroatoms. The molecule has 0 spiro atoms. The number of nitrogens with zero attached hydrogens (tertiary/aromatic N) is 4. The molecule has 0 bridgehead atoms. The van der Waals surface area contributed by atoms with E-state index in [2.05, 4.69) is 15.3 Å². The largest absolute Gasteiger partial charge is 0.435 e.